The second-order valence-electron chi connectivity index (χ2n) is 3.25. The van der Waals surface area contributed by atoms with Crippen molar-refractivity contribution in [3.8, 4) is 6.07 Å². The molecule has 2 aromatic rings. The molecule has 0 fully saturated rings. The Hall–Kier alpha value is -2.68. The SMILES string of the molecule is N#Cc1cc(NC(=O)c2cn[nH]c2)ccc1F. The van der Waals surface area contributed by atoms with Crippen molar-refractivity contribution in [1.82, 2.24) is 10.2 Å². The molecule has 0 unspecified atom stereocenters. The third-order valence-electron chi connectivity index (χ3n) is 2.11. The van der Waals surface area contributed by atoms with Gasteiger partial charge in [0.2, 0.25) is 0 Å². The molecular weight excluding hydrogens is 223 g/mol. The van der Waals surface area contributed by atoms with Gasteiger partial charge in [-0.05, 0) is 18.2 Å². The van der Waals surface area contributed by atoms with Crippen LogP contribution in [-0.2, 0) is 0 Å². The lowest BCUT2D eigenvalue weighted by Gasteiger charge is -2.03. The lowest BCUT2D eigenvalue weighted by molar-refractivity contribution is 0.102. The number of aromatic amines is 1. The Morgan fingerprint density at radius 2 is 2.35 bits per heavy atom. The Morgan fingerprint density at radius 3 is 3.00 bits per heavy atom. The van der Waals surface area contributed by atoms with Crippen LogP contribution in [0.4, 0.5) is 10.1 Å². The van der Waals surface area contributed by atoms with E-state index >= 15 is 0 Å². The summed E-state index contributed by atoms with van der Waals surface area (Å²) in [6.07, 6.45) is 2.80. The molecule has 0 saturated heterocycles. The van der Waals surface area contributed by atoms with E-state index < -0.39 is 5.82 Å². The Balaban J connectivity index is 2.20. The summed E-state index contributed by atoms with van der Waals surface area (Å²) in [5.74, 6) is -0.997. The Labute approximate surface area is 95.9 Å². The lowest BCUT2D eigenvalue weighted by Crippen LogP contribution is -2.11. The Kier molecular flexibility index (Phi) is 2.83. The number of nitriles is 1. The van der Waals surface area contributed by atoms with E-state index in [4.69, 9.17) is 5.26 Å². The maximum absolute atomic E-state index is 13.0. The van der Waals surface area contributed by atoms with Crippen molar-refractivity contribution in [3.63, 3.8) is 0 Å². The summed E-state index contributed by atoms with van der Waals surface area (Å²) in [4.78, 5) is 11.6. The van der Waals surface area contributed by atoms with Gasteiger partial charge in [-0.25, -0.2) is 4.39 Å². The van der Waals surface area contributed by atoms with Gasteiger partial charge < -0.3 is 5.32 Å². The Morgan fingerprint density at radius 1 is 1.53 bits per heavy atom. The normalized spacial score (nSPS) is 9.65. The van der Waals surface area contributed by atoms with Crippen LogP contribution in [0.1, 0.15) is 15.9 Å². The van der Waals surface area contributed by atoms with Crippen LogP contribution in [0.25, 0.3) is 0 Å². The van der Waals surface area contributed by atoms with Gasteiger partial charge in [0, 0.05) is 11.9 Å². The highest BCUT2D eigenvalue weighted by Crippen LogP contribution is 2.14. The monoisotopic (exact) mass is 230 g/mol. The summed E-state index contributed by atoms with van der Waals surface area (Å²) in [6, 6.07) is 5.48. The van der Waals surface area contributed by atoms with Gasteiger partial charge in [0.1, 0.15) is 11.9 Å². The van der Waals surface area contributed by atoms with Crippen LogP contribution >= 0.6 is 0 Å². The van der Waals surface area contributed by atoms with Crippen LogP contribution in [-0.4, -0.2) is 16.1 Å². The van der Waals surface area contributed by atoms with E-state index in [-0.39, 0.29) is 11.5 Å². The van der Waals surface area contributed by atoms with Gasteiger partial charge in [0.15, 0.2) is 0 Å². The number of carbonyl (C=O) groups excluding carboxylic acids is 1. The zero-order valence-electron chi connectivity index (χ0n) is 8.57. The highest BCUT2D eigenvalue weighted by molar-refractivity contribution is 6.03. The van der Waals surface area contributed by atoms with Gasteiger partial charge >= 0.3 is 0 Å². The third kappa shape index (κ3) is 2.29. The predicted molar refractivity (Wildman–Crippen MR) is 57.7 cm³/mol. The predicted octanol–water partition coefficient (Wildman–Crippen LogP) is 1.67. The first-order valence-corrected chi connectivity index (χ1v) is 4.70. The van der Waals surface area contributed by atoms with E-state index in [9.17, 15) is 9.18 Å². The number of benzene rings is 1. The highest BCUT2D eigenvalue weighted by Gasteiger charge is 2.08. The average molecular weight is 230 g/mol. The standard InChI is InChI=1S/C11H7FN4O/c12-10-2-1-9(3-7(10)4-13)16-11(17)8-5-14-15-6-8/h1-3,5-6H,(H,14,15)(H,16,17). The van der Waals surface area contributed by atoms with Gasteiger partial charge in [-0.2, -0.15) is 10.4 Å². The minimum atomic E-state index is -0.617. The number of H-pyrrole nitrogens is 1. The topological polar surface area (TPSA) is 81.6 Å². The molecule has 0 aliphatic heterocycles. The minimum Gasteiger partial charge on any atom is -0.322 e. The molecule has 5 nitrogen and oxygen atoms in total. The zero-order valence-corrected chi connectivity index (χ0v) is 8.57. The van der Waals surface area contributed by atoms with Crippen molar-refractivity contribution in [2.75, 3.05) is 5.32 Å². The van der Waals surface area contributed by atoms with Gasteiger partial charge in [-0.1, -0.05) is 0 Å². The number of nitrogens with zero attached hydrogens (tertiary/aromatic N) is 2. The smallest absolute Gasteiger partial charge is 0.258 e. The molecule has 0 bridgehead atoms. The van der Waals surface area contributed by atoms with Crippen LogP contribution in [0.3, 0.4) is 0 Å². The molecule has 0 radical (unpaired) electrons. The van der Waals surface area contributed by atoms with E-state index in [0.717, 1.165) is 6.07 Å². The molecule has 1 aromatic carbocycles. The molecule has 0 aliphatic carbocycles. The molecule has 6 heteroatoms. The minimum absolute atomic E-state index is 0.116. The number of rotatable bonds is 2. The second kappa shape index (κ2) is 4.45. The van der Waals surface area contributed by atoms with Crippen LogP contribution < -0.4 is 5.32 Å². The molecule has 2 rings (SSSR count). The number of nitrogens with one attached hydrogen (secondary N) is 2. The lowest BCUT2D eigenvalue weighted by atomic mass is 10.2. The molecule has 0 aliphatic rings. The number of amides is 1. The maximum atomic E-state index is 13.0. The third-order valence-corrected chi connectivity index (χ3v) is 2.11. The fourth-order valence-electron chi connectivity index (χ4n) is 1.27. The summed E-state index contributed by atoms with van der Waals surface area (Å²) in [5, 5.41) is 17.3. The first-order chi connectivity index (χ1) is 8.20. The number of aromatic nitrogens is 2. The van der Waals surface area contributed by atoms with Crippen molar-refractivity contribution in [2.24, 2.45) is 0 Å². The maximum Gasteiger partial charge on any atom is 0.258 e. The summed E-state index contributed by atoms with van der Waals surface area (Å²) < 4.78 is 13.0. The van der Waals surface area contributed by atoms with Crippen molar-refractivity contribution in [2.45, 2.75) is 0 Å². The van der Waals surface area contributed by atoms with Crippen molar-refractivity contribution >= 4 is 11.6 Å². The average Bonchev–Trinajstić information content (AvgIpc) is 2.85. The fourth-order valence-corrected chi connectivity index (χ4v) is 1.27. The fraction of sp³-hybridized carbons (Fsp3) is 0. The van der Waals surface area contributed by atoms with Crippen molar-refractivity contribution in [1.29, 1.82) is 5.26 Å². The largest absolute Gasteiger partial charge is 0.322 e. The summed E-state index contributed by atoms with van der Waals surface area (Å²) in [6.45, 7) is 0. The zero-order chi connectivity index (χ0) is 12.3. The first kappa shape index (κ1) is 10.8. The van der Waals surface area contributed by atoms with Gasteiger partial charge in [0.05, 0.1) is 17.3 Å². The number of halogens is 1. The van der Waals surface area contributed by atoms with Crippen molar-refractivity contribution < 1.29 is 9.18 Å². The van der Waals surface area contributed by atoms with E-state index in [1.54, 1.807) is 6.07 Å². The number of anilines is 1. The molecule has 2 N–H and O–H groups in total. The molecule has 84 valence electrons. The van der Waals surface area contributed by atoms with E-state index in [1.165, 1.54) is 24.5 Å². The first-order valence-electron chi connectivity index (χ1n) is 4.70. The summed E-state index contributed by atoms with van der Waals surface area (Å²) in [7, 11) is 0. The van der Waals surface area contributed by atoms with Crippen molar-refractivity contribution in [3.05, 3.63) is 47.5 Å². The number of hydrogen-bond donors (Lipinski definition) is 2. The van der Waals surface area contributed by atoms with E-state index in [0.29, 0.717) is 11.3 Å². The van der Waals surface area contributed by atoms with E-state index in [2.05, 4.69) is 15.5 Å². The molecule has 0 saturated carbocycles. The highest BCUT2D eigenvalue weighted by atomic mass is 19.1. The molecule has 1 heterocycles. The van der Waals surface area contributed by atoms with Crippen LogP contribution in [0.15, 0.2) is 30.6 Å². The summed E-state index contributed by atoms with van der Waals surface area (Å²) in [5.41, 5.74) is 0.594. The van der Waals surface area contributed by atoms with Crippen LogP contribution in [0, 0.1) is 17.1 Å². The van der Waals surface area contributed by atoms with E-state index in [1.807, 2.05) is 0 Å². The summed E-state index contributed by atoms with van der Waals surface area (Å²) >= 11 is 0. The number of hydrogen-bond acceptors (Lipinski definition) is 3. The Bertz CT molecular complexity index is 586. The van der Waals surface area contributed by atoms with Gasteiger partial charge in [-0.3, -0.25) is 9.89 Å². The molecule has 0 atom stereocenters. The quantitative estimate of drug-likeness (QED) is 0.823. The second-order valence-corrected chi connectivity index (χ2v) is 3.25. The molecule has 0 spiro atoms. The van der Waals surface area contributed by atoms with Gasteiger partial charge in [-0.15, -0.1) is 0 Å². The number of carbonyl (C=O) groups is 1. The molecular formula is C11H7FN4O. The van der Waals surface area contributed by atoms with Crippen LogP contribution in [0.2, 0.25) is 0 Å². The molecule has 17 heavy (non-hydrogen) atoms. The van der Waals surface area contributed by atoms with Gasteiger partial charge in [0.25, 0.3) is 5.91 Å². The molecule has 1 aromatic heterocycles. The van der Waals surface area contributed by atoms with Crippen LogP contribution in [0.5, 0.6) is 0 Å². The molecule has 1 amide bonds.